The second-order valence-electron chi connectivity index (χ2n) is 13.8. The first-order chi connectivity index (χ1) is 25.3. The molecule has 2 aliphatic rings. The van der Waals surface area contributed by atoms with Crippen LogP contribution >= 0.6 is 22.7 Å². The third-order valence-electron chi connectivity index (χ3n) is 10.1. The van der Waals surface area contributed by atoms with Crippen LogP contribution in [0.2, 0.25) is 0 Å². The number of fused-ring (bicyclic) bond motifs is 1. The number of nitrogens with two attached hydrogens (primary N) is 1. The Morgan fingerprint density at radius 2 is 1.65 bits per heavy atom. The fraction of sp³-hybridized carbons (Fsp3) is 0.410. The van der Waals surface area contributed by atoms with Crippen molar-refractivity contribution in [1.82, 2.24) is 24.8 Å². The Morgan fingerprint density at radius 1 is 0.904 bits per heavy atom. The topological polar surface area (TPSA) is 139 Å². The van der Waals surface area contributed by atoms with Crippen LogP contribution in [0.4, 0.5) is 15.6 Å². The first-order valence-corrected chi connectivity index (χ1v) is 19.8. The Kier molecular flexibility index (Phi) is 11.5. The zero-order valence-corrected chi connectivity index (χ0v) is 31.4. The second-order valence-corrected chi connectivity index (χ2v) is 15.7. The number of ether oxygens (including phenoxy) is 1. The number of pyridine rings is 1. The van der Waals surface area contributed by atoms with Crippen LogP contribution in [0.5, 0.6) is 0 Å². The van der Waals surface area contributed by atoms with Gasteiger partial charge in [-0.05, 0) is 80.8 Å². The summed E-state index contributed by atoms with van der Waals surface area (Å²) < 4.78 is 6.61. The van der Waals surface area contributed by atoms with Gasteiger partial charge in [0, 0.05) is 50.5 Å². The SMILES string of the molecule is Cc1ncc(-c2ccc3nc(NC(=O)CN4CCN(CC[C@H](N)c5ccc(-c6scnc6C)cc5)CC4)sc3c2)cc1NC(=O)OC1CCCCC1. The van der Waals surface area contributed by atoms with Crippen molar-refractivity contribution in [2.24, 2.45) is 5.73 Å². The van der Waals surface area contributed by atoms with Crippen LogP contribution in [0.1, 0.15) is 61.5 Å². The van der Waals surface area contributed by atoms with Gasteiger partial charge in [-0.15, -0.1) is 11.3 Å². The molecule has 4 heterocycles. The summed E-state index contributed by atoms with van der Waals surface area (Å²) in [5.41, 5.74) is 15.8. The summed E-state index contributed by atoms with van der Waals surface area (Å²) in [6.45, 7) is 8.62. The normalized spacial score (nSPS) is 16.5. The molecule has 1 aliphatic carbocycles. The molecular weight excluding hydrogens is 693 g/mol. The van der Waals surface area contributed by atoms with Crippen molar-refractivity contribution in [1.29, 1.82) is 0 Å². The summed E-state index contributed by atoms with van der Waals surface area (Å²) >= 11 is 3.11. The number of aromatic nitrogens is 3. The molecule has 1 saturated heterocycles. The molecule has 2 aromatic carbocycles. The van der Waals surface area contributed by atoms with E-state index in [4.69, 9.17) is 10.5 Å². The fourth-order valence-electron chi connectivity index (χ4n) is 6.93. The molecular formula is C39H46N8O3S2. The summed E-state index contributed by atoms with van der Waals surface area (Å²) in [4.78, 5) is 45.0. The quantitative estimate of drug-likeness (QED) is 0.125. The van der Waals surface area contributed by atoms with E-state index in [-0.39, 0.29) is 18.1 Å². The van der Waals surface area contributed by atoms with Gasteiger partial charge in [-0.1, -0.05) is 48.1 Å². The van der Waals surface area contributed by atoms with Crippen LogP contribution in [0.25, 0.3) is 31.8 Å². The van der Waals surface area contributed by atoms with Gasteiger partial charge in [-0.3, -0.25) is 20.0 Å². The lowest BCUT2D eigenvalue weighted by Crippen LogP contribution is -2.49. The Hall–Kier alpha value is -4.27. The Labute approximate surface area is 312 Å². The van der Waals surface area contributed by atoms with E-state index in [0.29, 0.717) is 17.4 Å². The monoisotopic (exact) mass is 738 g/mol. The van der Waals surface area contributed by atoms with E-state index < -0.39 is 6.09 Å². The maximum absolute atomic E-state index is 13.0. The highest BCUT2D eigenvalue weighted by Gasteiger charge is 2.21. The fourth-order valence-corrected chi connectivity index (χ4v) is 8.66. The van der Waals surface area contributed by atoms with E-state index in [9.17, 15) is 9.59 Å². The molecule has 4 N–H and O–H groups in total. The smallest absolute Gasteiger partial charge is 0.411 e. The maximum atomic E-state index is 13.0. The van der Waals surface area contributed by atoms with Crippen LogP contribution in [0.15, 0.2) is 60.2 Å². The molecule has 2 amide bonds. The Bertz CT molecular complexity index is 2000. The van der Waals surface area contributed by atoms with Gasteiger partial charge < -0.3 is 20.7 Å². The lowest BCUT2D eigenvalue weighted by molar-refractivity contribution is -0.117. The van der Waals surface area contributed by atoms with Gasteiger partial charge in [0.2, 0.25) is 5.91 Å². The first-order valence-electron chi connectivity index (χ1n) is 18.1. The molecule has 0 radical (unpaired) electrons. The zero-order chi connectivity index (χ0) is 36.0. The van der Waals surface area contributed by atoms with Crippen molar-refractivity contribution in [3.05, 3.63) is 77.2 Å². The third-order valence-corrected chi connectivity index (χ3v) is 12.0. The second kappa shape index (κ2) is 16.6. The Balaban J connectivity index is 0.870. The van der Waals surface area contributed by atoms with Crippen molar-refractivity contribution >= 4 is 55.7 Å². The number of piperazine rings is 1. The highest BCUT2D eigenvalue weighted by molar-refractivity contribution is 7.22. The molecule has 0 spiro atoms. The lowest BCUT2D eigenvalue weighted by atomic mass is 9.98. The number of amides is 2. The standard InChI is InChI=1S/C39H46N8O3S2/c1-25-34(44-39(49)50-31-6-4-3-5-7-31)20-30(22-41-25)29-12-13-33-35(21-29)52-38(43-33)45-36(48)23-47-18-16-46(17-19-47)15-14-32(40)27-8-10-28(11-9-27)37-26(2)42-24-51-37/h8-13,20-22,24,31-32H,3-7,14-19,23,40H2,1-2H3,(H,44,49)(H,43,45,48)/t32-/m0/s1. The van der Waals surface area contributed by atoms with Gasteiger partial charge in [-0.2, -0.15) is 0 Å². The van der Waals surface area contributed by atoms with Crippen molar-refractivity contribution in [3.8, 4) is 21.6 Å². The molecule has 3 aromatic heterocycles. The summed E-state index contributed by atoms with van der Waals surface area (Å²) in [5.74, 6) is -0.0646. The van der Waals surface area contributed by atoms with Gasteiger partial charge >= 0.3 is 6.09 Å². The Morgan fingerprint density at radius 3 is 2.40 bits per heavy atom. The number of benzene rings is 2. The number of nitrogens with one attached hydrogen (secondary N) is 2. The van der Waals surface area contributed by atoms with E-state index in [1.165, 1.54) is 28.2 Å². The predicted molar refractivity (Wildman–Crippen MR) is 210 cm³/mol. The molecule has 7 rings (SSSR count). The van der Waals surface area contributed by atoms with Crippen molar-refractivity contribution in [2.45, 2.75) is 64.5 Å². The minimum Gasteiger partial charge on any atom is -0.446 e. The molecule has 272 valence electrons. The van der Waals surface area contributed by atoms with Crippen LogP contribution < -0.4 is 16.4 Å². The molecule has 0 unspecified atom stereocenters. The average Bonchev–Trinajstić information content (AvgIpc) is 3.77. The molecule has 1 aliphatic heterocycles. The number of carbonyl (C=O) groups is 2. The van der Waals surface area contributed by atoms with Crippen molar-refractivity contribution in [2.75, 3.05) is 49.9 Å². The lowest BCUT2D eigenvalue weighted by Gasteiger charge is -2.34. The van der Waals surface area contributed by atoms with Crippen molar-refractivity contribution in [3.63, 3.8) is 0 Å². The summed E-state index contributed by atoms with van der Waals surface area (Å²) in [6.07, 6.45) is 7.46. The van der Waals surface area contributed by atoms with Crippen LogP contribution in [0, 0.1) is 13.8 Å². The van der Waals surface area contributed by atoms with E-state index in [1.807, 2.05) is 43.6 Å². The minimum absolute atomic E-state index is 0.0187. The van der Waals surface area contributed by atoms with Crippen LogP contribution in [0.3, 0.4) is 0 Å². The largest absolute Gasteiger partial charge is 0.446 e. The molecule has 52 heavy (non-hydrogen) atoms. The van der Waals surface area contributed by atoms with Crippen LogP contribution in [-0.4, -0.2) is 82.1 Å². The molecule has 1 saturated carbocycles. The maximum Gasteiger partial charge on any atom is 0.411 e. The minimum atomic E-state index is -0.435. The molecule has 11 nitrogen and oxygen atoms in total. The number of rotatable bonds is 11. The molecule has 1 atom stereocenters. The molecule has 13 heteroatoms. The number of aryl methyl sites for hydroxylation is 2. The summed E-state index contributed by atoms with van der Waals surface area (Å²) in [5, 5.41) is 6.49. The summed E-state index contributed by atoms with van der Waals surface area (Å²) in [6, 6.07) is 16.4. The van der Waals surface area contributed by atoms with Gasteiger partial charge in [0.1, 0.15) is 6.10 Å². The van der Waals surface area contributed by atoms with Crippen molar-refractivity contribution < 1.29 is 14.3 Å². The van der Waals surface area contributed by atoms with Gasteiger partial charge in [0.15, 0.2) is 5.13 Å². The van der Waals surface area contributed by atoms with Gasteiger partial charge in [0.05, 0.1) is 44.2 Å². The summed E-state index contributed by atoms with van der Waals surface area (Å²) in [7, 11) is 0. The van der Waals surface area contributed by atoms with E-state index in [1.54, 1.807) is 17.5 Å². The zero-order valence-electron chi connectivity index (χ0n) is 29.8. The van der Waals surface area contributed by atoms with E-state index >= 15 is 0 Å². The molecule has 2 fully saturated rings. The number of thiazole rings is 2. The number of hydrogen-bond acceptors (Lipinski definition) is 11. The van der Waals surface area contributed by atoms with Gasteiger partial charge in [-0.25, -0.2) is 14.8 Å². The molecule has 0 bridgehead atoms. The highest BCUT2D eigenvalue weighted by atomic mass is 32.1. The average molecular weight is 739 g/mol. The number of anilines is 2. The van der Waals surface area contributed by atoms with E-state index in [0.717, 1.165) is 103 Å². The highest BCUT2D eigenvalue weighted by Crippen LogP contribution is 2.32. The first kappa shape index (κ1) is 36.1. The van der Waals surface area contributed by atoms with E-state index in [2.05, 4.69) is 59.7 Å². The predicted octanol–water partition coefficient (Wildman–Crippen LogP) is 7.63. The number of carbonyl (C=O) groups excluding carboxylic acids is 2. The third kappa shape index (κ3) is 9.02. The molecule has 5 aromatic rings. The van der Waals surface area contributed by atoms with Crippen LogP contribution in [-0.2, 0) is 9.53 Å². The van der Waals surface area contributed by atoms with Gasteiger partial charge in [0.25, 0.3) is 0 Å². The number of hydrogen-bond donors (Lipinski definition) is 3. The number of nitrogens with zero attached hydrogens (tertiary/aromatic N) is 5.